The molecule has 4 rings (SSSR count). The van der Waals surface area contributed by atoms with Gasteiger partial charge in [-0.1, -0.05) is 48.5 Å². The minimum absolute atomic E-state index is 0.00205. The Morgan fingerprint density at radius 1 is 0.933 bits per heavy atom. The highest BCUT2D eigenvalue weighted by atomic mass is 79.9. The first-order chi connectivity index (χ1) is 14.6. The fraction of sp³-hybridized carbons (Fsp3) is 0.167. The summed E-state index contributed by atoms with van der Waals surface area (Å²) in [5.74, 6) is -0.413. The number of fused-ring (bicyclic) bond motifs is 3. The molecule has 0 spiro atoms. The number of carbonyl (C=O) groups excluding carboxylic acids is 2. The lowest BCUT2D eigenvalue weighted by molar-refractivity contribution is 0.0526. The number of ether oxygens (including phenoxy) is 2. The van der Waals surface area contributed by atoms with E-state index in [0.717, 1.165) is 11.1 Å². The molecule has 3 aromatic rings. The van der Waals surface area contributed by atoms with Crippen LogP contribution in [-0.4, -0.2) is 25.3 Å². The maximum atomic E-state index is 12.4. The molecule has 152 valence electrons. The van der Waals surface area contributed by atoms with Crippen LogP contribution >= 0.6 is 15.9 Å². The summed E-state index contributed by atoms with van der Waals surface area (Å²) in [5.41, 5.74) is 5.60. The minimum atomic E-state index is -0.554. The molecule has 0 fully saturated rings. The van der Waals surface area contributed by atoms with Gasteiger partial charge in [-0.3, -0.25) is 5.32 Å². The van der Waals surface area contributed by atoms with Gasteiger partial charge in [-0.05, 0) is 63.3 Å². The molecular weight excluding hydrogens is 446 g/mol. The van der Waals surface area contributed by atoms with Gasteiger partial charge in [-0.2, -0.15) is 0 Å². The van der Waals surface area contributed by atoms with Crippen molar-refractivity contribution in [3.63, 3.8) is 0 Å². The van der Waals surface area contributed by atoms with Gasteiger partial charge < -0.3 is 9.47 Å². The van der Waals surface area contributed by atoms with Crippen LogP contribution in [-0.2, 0) is 9.47 Å². The van der Waals surface area contributed by atoms with Crippen LogP contribution in [0.15, 0.2) is 71.2 Å². The van der Waals surface area contributed by atoms with Gasteiger partial charge in [0.15, 0.2) is 0 Å². The van der Waals surface area contributed by atoms with E-state index in [1.807, 2.05) is 24.3 Å². The Morgan fingerprint density at radius 2 is 1.57 bits per heavy atom. The van der Waals surface area contributed by atoms with Gasteiger partial charge in [0.25, 0.3) is 0 Å². The van der Waals surface area contributed by atoms with Crippen molar-refractivity contribution in [2.24, 2.45) is 0 Å². The van der Waals surface area contributed by atoms with E-state index in [-0.39, 0.29) is 12.5 Å². The average Bonchev–Trinajstić information content (AvgIpc) is 3.08. The summed E-state index contributed by atoms with van der Waals surface area (Å²) in [6.07, 6.45) is -0.554. The second-order valence-corrected chi connectivity index (χ2v) is 7.72. The summed E-state index contributed by atoms with van der Waals surface area (Å²) in [6.45, 7) is 2.29. The van der Waals surface area contributed by atoms with Crippen molar-refractivity contribution < 1.29 is 19.1 Å². The highest BCUT2D eigenvalue weighted by Gasteiger charge is 2.29. The van der Waals surface area contributed by atoms with Crippen LogP contribution in [0.5, 0.6) is 0 Å². The van der Waals surface area contributed by atoms with E-state index in [1.165, 1.54) is 11.1 Å². The van der Waals surface area contributed by atoms with Crippen molar-refractivity contribution in [2.45, 2.75) is 12.8 Å². The minimum Gasteiger partial charge on any atom is -0.462 e. The van der Waals surface area contributed by atoms with E-state index in [1.54, 1.807) is 25.1 Å². The summed E-state index contributed by atoms with van der Waals surface area (Å²) in [6, 6.07) is 21.2. The van der Waals surface area contributed by atoms with Crippen molar-refractivity contribution in [2.75, 3.05) is 18.5 Å². The highest BCUT2D eigenvalue weighted by molar-refractivity contribution is 9.10. The molecule has 0 heterocycles. The van der Waals surface area contributed by atoms with Crippen LogP contribution < -0.4 is 5.32 Å². The Bertz CT molecular complexity index is 1070. The zero-order valence-electron chi connectivity index (χ0n) is 16.4. The van der Waals surface area contributed by atoms with E-state index in [2.05, 4.69) is 45.5 Å². The maximum absolute atomic E-state index is 12.4. The molecule has 0 aliphatic heterocycles. The number of hydrogen-bond donors (Lipinski definition) is 1. The number of nitrogens with one attached hydrogen (secondary N) is 1. The SMILES string of the molecule is CCOC(=O)c1ccc(NC(=O)OCC2c3ccccc3-c3ccccc32)c(Br)c1. The number of amides is 1. The molecule has 1 aliphatic carbocycles. The fourth-order valence-electron chi connectivity index (χ4n) is 3.70. The second-order valence-electron chi connectivity index (χ2n) is 6.87. The number of hydrogen-bond acceptors (Lipinski definition) is 4. The molecule has 1 amide bonds. The molecule has 5 nitrogen and oxygen atoms in total. The van der Waals surface area contributed by atoms with E-state index in [9.17, 15) is 9.59 Å². The van der Waals surface area contributed by atoms with Crippen molar-refractivity contribution >= 4 is 33.7 Å². The number of halogens is 1. The lowest BCUT2D eigenvalue weighted by atomic mass is 9.98. The summed E-state index contributed by atoms with van der Waals surface area (Å²) in [5, 5.41) is 2.72. The average molecular weight is 466 g/mol. The smallest absolute Gasteiger partial charge is 0.411 e. The zero-order valence-corrected chi connectivity index (χ0v) is 17.9. The monoisotopic (exact) mass is 465 g/mol. The predicted octanol–water partition coefficient (Wildman–Crippen LogP) is 5.99. The largest absolute Gasteiger partial charge is 0.462 e. The highest BCUT2D eigenvalue weighted by Crippen LogP contribution is 2.44. The molecule has 3 aromatic carbocycles. The third-order valence-corrected chi connectivity index (χ3v) is 5.72. The normalized spacial score (nSPS) is 12.1. The molecule has 0 saturated heterocycles. The topological polar surface area (TPSA) is 64.6 Å². The number of benzene rings is 3. The fourth-order valence-corrected chi connectivity index (χ4v) is 4.18. The van der Waals surface area contributed by atoms with Gasteiger partial charge >= 0.3 is 12.1 Å². The number of carbonyl (C=O) groups is 2. The Balaban J connectivity index is 1.44. The Labute approximate surface area is 183 Å². The van der Waals surface area contributed by atoms with Gasteiger partial charge in [-0.25, -0.2) is 9.59 Å². The van der Waals surface area contributed by atoms with Crippen molar-refractivity contribution in [3.8, 4) is 11.1 Å². The summed E-state index contributed by atoms with van der Waals surface area (Å²) >= 11 is 3.38. The first kappa shape index (κ1) is 20.2. The quantitative estimate of drug-likeness (QED) is 0.470. The molecule has 1 N–H and O–H groups in total. The van der Waals surface area contributed by atoms with Crippen LogP contribution in [0.3, 0.4) is 0 Å². The Kier molecular flexibility index (Phi) is 5.86. The molecule has 0 radical (unpaired) electrons. The lowest BCUT2D eigenvalue weighted by Crippen LogP contribution is -2.18. The van der Waals surface area contributed by atoms with E-state index < -0.39 is 12.1 Å². The summed E-state index contributed by atoms with van der Waals surface area (Å²) < 4.78 is 11.1. The van der Waals surface area contributed by atoms with Crippen LogP contribution in [0.25, 0.3) is 11.1 Å². The van der Waals surface area contributed by atoms with Crippen molar-refractivity contribution in [1.82, 2.24) is 0 Å². The van der Waals surface area contributed by atoms with Crippen LogP contribution in [0.4, 0.5) is 10.5 Å². The van der Waals surface area contributed by atoms with E-state index >= 15 is 0 Å². The third-order valence-electron chi connectivity index (χ3n) is 5.06. The van der Waals surface area contributed by atoms with Gasteiger partial charge in [-0.15, -0.1) is 0 Å². The van der Waals surface area contributed by atoms with Crippen molar-refractivity contribution in [1.29, 1.82) is 0 Å². The first-order valence-electron chi connectivity index (χ1n) is 9.67. The van der Waals surface area contributed by atoms with Gasteiger partial charge in [0, 0.05) is 10.4 Å². The molecule has 0 atom stereocenters. The number of anilines is 1. The first-order valence-corrected chi connectivity index (χ1v) is 10.5. The Morgan fingerprint density at radius 3 is 2.17 bits per heavy atom. The number of esters is 1. The summed E-state index contributed by atoms with van der Waals surface area (Å²) in [7, 11) is 0. The molecular formula is C24H20BrNO4. The van der Waals surface area contributed by atoms with E-state index in [0.29, 0.717) is 22.3 Å². The molecule has 0 aromatic heterocycles. The molecule has 0 bridgehead atoms. The maximum Gasteiger partial charge on any atom is 0.411 e. The van der Waals surface area contributed by atoms with Gasteiger partial charge in [0.1, 0.15) is 6.61 Å². The van der Waals surface area contributed by atoms with Gasteiger partial charge in [0.2, 0.25) is 0 Å². The zero-order chi connectivity index (χ0) is 21.1. The van der Waals surface area contributed by atoms with Crippen LogP contribution in [0.2, 0.25) is 0 Å². The summed E-state index contributed by atoms with van der Waals surface area (Å²) in [4.78, 5) is 24.2. The lowest BCUT2D eigenvalue weighted by Gasteiger charge is -2.15. The standard InChI is InChI=1S/C24H20BrNO4/c1-2-29-23(27)15-11-12-22(21(25)13-15)26-24(28)30-14-20-18-9-5-3-7-16(18)17-8-4-6-10-19(17)20/h3-13,20H,2,14H2,1H3,(H,26,28). The van der Waals surface area contributed by atoms with Crippen LogP contribution in [0.1, 0.15) is 34.3 Å². The molecule has 6 heteroatoms. The van der Waals surface area contributed by atoms with E-state index in [4.69, 9.17) is 9.47 Å². The molecule has 0 unspecified atom stereocenters. The third kappa shape index (κ3) is 3.96. The molecule has 1 aliphatic rings. The van der Waals surface area contributed by atoms with Crippen molar-refractivity contribution in [3.05, 3.63) is 87.9 Å². The van der Waals surface area contributed by atoms with Crippen LogP contribution in [0, 0.1) is 0 Å². The number of rotatable bonds is 5. The molecule has 0 saturated carbocycles. The predicted molar refractivity (Wildman–Crippen MR) is 119 cm³/mol. The molecule has 30 heavy (non-hydrogen) atoms. The second kappa shape index (κ2) is 8.71. The van der Waals surface area contributed by atoms with Gasteiger partial charge in [0.05, 0.1) is 17.9 Å². The Hall–Kier alpha value is -3.12.